The van der Waals surface area contributed by atoms with E-state index in [0.717, 1.165) is 32.4 Å². The average Bonchev–Trinajstić information content (AvgIpc) is 2.70. The van der Waals surface area contributed by atoms with E-state index in [1.165, 1.54) is 0 Å². The van der Waals surface area contributed by atoms with Crippen LogP contribution in [0.15, 0.2) is 18.2 Å². The van der Waals surface area contributed by atoms with Crippen LogP contribution in [0.1, 0.15) is 32.6 Å². The number of urea groups is 1. The van der Waals surface area contributed by atoms with E-state index in [9.17, 15) is 9.59 Å². The SMILES string of the molecule is CCN1CC2(CCC1=O)CCN(C(=O)Nc1ccc(OC)c(OC)c1)CC2. The molecule has 0 aliphatic carbocycles. The smallest absolute Gasteiger partial charge is 0.321 e. The van der Waals surface area contributed by atoms with Crippen molar-refractivity contribution in [3.63, 3.8) is 0 Å². The molecule has 7 nitrogen and oxygen atoms in total. The minimum atomic E-state index is -0.101. The van der Waals surface area contributed by atoms with Gasteiger partial charge in [0.25, 0.3) is 0 Å². The first-order chi connectivity index (χ1) is 13.0. The molecule has 2 aliphatic heterocycles. The number of nitrogens with zero attached hydrogens (tertiary/aromatic N) is 2. The Morgan fingerprint density at radius 3 is 2.48 bits per heavy atom. The minimum Gasteiger partial charge on any atom is -0.493 e. The van der Waals surface area contributed by atoms with E-state index in [1.54, 1.807) is 32.4 Å². The first-order valence-electron chi connectivity index (χ1n) is 9.56. The van der Waals surface area contributed by atoms with Crippen molar-refractivity contribution < 1.29 is 19.1 Å². The molecule has 2 saturated heterocycles. The Morgan fingerprint density at radius 2 is 1.85 bits per heavy atom. The molecule has 0 radical (unpaired) electrons. The molecule has 1 aromatic rings. The summed E-state index contributed by atoms with van der Waals surface area (Å²) in [5.74, 6) is 1.47. The Morgan fingerprint density at radius 1 is 1.15 bits per heavy atom. The van der Waals surface area contributed by atoms with Crippen molar-refractivity contribution in [2.24, 2.45) is 5.41 Å². The van der Waals surface area contributed by atoms with Gasteiger partial charge in [0.2, 0.25) is 5.91 Å². The number of methoxy groups -OCH3 is 2. The number of nitrogens with one attached hydrogen (secondary N) is 1. The second-order valence-corrected chi connectivity index (χ2v) is 7.39. The third kappa shape index (κ3) is 4.12. The van der Waals surface area contributed by atoms with Crippen LogP contribution in [0, 0.1) is 5.41 Å². The number of hydrogen-bond donors (Lipinski definition) is 1. The van der Waals surface area contributed by atoms with Crippen molar-refractivity contribution in [3.8, 4) is 11.5 Å². The molecule has 0 atom stereocenters. The number of likely N-dealkylation sites (tertiary alicyclic amines) is 2. The fourth-order valence-electron chi connectivity index (χ4n) is 4.10. The van der Waals surface area contributed by atoms with E-state index in [4.69, 9.17) is 9.47 Å². The monoisotopic (exact) mass is 375 g/mol. The molecule has 1 spiro atoms. The number of carbonyl (C=O) groups excluding carboxylic acids is 2. The Labute approximate surface area is 160 Å². The maximum atomic E-state index is 12.6. The van der Waals surface area contributed by atoms with Crippen molar-refractivity contribution in [3.05, 3.63) is 18.2 Å². The molecule has 7 heteroatoms. The number of piperidine rings is 2. The second-order valence-electron chi connectivity index (χ2n) is 7.39. The minimum absolute atomic E-state index is 0.101. The van der Waals surface area contributed by atoms with Crippen LogP contribution in [0.3, 0.4) is 0 Å². The van der Waals surface area contributed by atoms with Crippen molar-refractivity contribution in [2.45, 2.75) is 32.6 Å². The molecule has 0 saturated carbocycles. The van der Waals surface area contributed by atoms with E-state index in [-0.39, 0.29) is 17.4 Å². The molecule has 3 amide bonds. The van der Waals surface area contributed by atoms with Gasteiger partial charge in [-0.05, 0) is 43.7 Å². The first-order valence-corrected chi connectivity index (χ1v) is 9.56. The van der Waals surface area contributed by atoms with Gasteiger partial charge >= 0.3 is 6.03 Å². The summed E-state index contributed by atoms with van der Waals surface area (Å²) in [6.45, 7) is 5.05. The summed E-state index contributed by atoms with van der Waals surface area (Å²) in [5.41, 5.74) is 0.850. The number of carbonyl (C=O) groups is 2. The maximum absolute atomic E-state index is 12.6. The summed E-state index contributed by atoms with van der Waals surface area (Å²) < 4.78 is 10.5. The molecule has 2 fully saturated rings. The van der Waals surface area contributed by atoms with Crippen LogP contribution in [0.2, 0.25) is 0 Å². The predicted molar refractivity (Wildman–Crippen MR) is 103 cm³/mol. The Kier molecular flexibility index (Phi) is 5.77. The topological polar surface area (TPSA) is 71.1 Å². The molecule has 1 N–H and O–H groups in total. The van der Waals surface area contributed by atoms with Crippen molar-refractivity contribution in [2.75, 3.05) is 45.7 Å². The van der Waals surface area contributed by atoms with Crippen LogP contribution in [-0.4, -0.2) is 62.1 Å². The largest absolute Gasteiger partial charge is 0.493 e. The van der Waals surface area contributed by atoms with Gasteiger partial charge in [0.15, 0.2) is 11.5 Å². The summed E-state index contributed by atoms with van der Waals surface area (Å²) in [4.78, 5) is 28.4. The first kappa shape index (κ1) is 19.3. The molecule has 3 rings (SSSR count). The standard InChI is InChI=1S/C20H29N3O4/c1-4-22-14-20(8-7-18(22)24)9-11-23(12-10-20)19(25)21-15-5-6-16(26-2)17(13-15)27-3/h5-6,13H,4,7-12,14H2,1-3H3,(H,21,25). The van der Waals surface area contributed by atoms with E-state index in [2.05, 4.69) is 5.32 Å². The molecule has 2 aliphatic rings. The molecule has 148 valence electrons. The molecular weight excluding hydrogens is 346 g/mol. The summed E-state index contributed by atoms with van der Waals surface area (Å²) in [6.07, 6.45) is 3.45. The number of ether oxygens (including phenoxy) is 2. The van der Waals surface area contributed by atoms with E-state index < -0.39 is 0 Å². The summed E-state index contributed by atoms with van der Waals surface area (Å²) in [5, 5.41) is 2.94. The number of amides is 3. The van der Waals surface area contributed by atoms with Gasteiger partial charge in [0.1, 0.15) is 0 Å². The Bertz CT molecular complexity index is 698. The van der Waals surface area contributed by atoms with E-state index in [0.29, 0.717) is 36.7 Å². The molecule has 0 aromatic heterocycles. The zero-order valence-corrected chi connectivity index (χ0v) is 16.4. The second kappa shape index (κ2) is 8.06. The third-order valence-electron chi connectivity index (χ3n) is 5.88. The number of anilines is 1. The quantitative estimate of drug-likeness (QED) is 0.878. The van der Waals surface area contributed by atoms with Crippen LogP contribution in [-0.2, 0) is 4.79 Å². The lowest BCUT2D eigenvalue weighted by Crippen LogP contribution is -2.52. The van der Waals surface area contributed by atoms with Gasteiger partial charge in [-0.1, -0.05) is 0 Å². The summed E-state index contributed by atoms with van der Waals surface area (Å²) in [7, 11) is 3.15. The zero-order valence-electron chi connectivity index (χ0n) is 16.4. The highest BCUT2D eigenvalue weighted by Crippen LogP contribution is 2.40. The van der Waals surface area contributed by atoms with Gasteiger partial charge in [-0.3, -0.25) is 4.79 Å². The normalized spacial score (nSPS) is 19.1. The lowest BCUT2D eigenvalue weighted by atomic mass is 9.72. The van der Waals surface area contributed by atoms with Crippen LogP contribution in [0.4, 0.5) is 10.5 Å². The van der Waals surface area contributed by atoms with E-state index in [1.807, 2.05) is 16.7 Å². The molecular formula is C20H29N3O4. The van der Waals surface area contributed by atoms with Gasteiger partial charge in [-0.25, -0.2) is 4.79 Å². The molecule has 0 bridgehead atoms. The van der Waals surface area contributed by atoms with Gasteiger partial charge in [0.05, 0.1) is 14.2 Å². The molecule has 27 heavy (non-hydrogen) atoms. The van der Waals surface area contributed by atoms with Crippen LogP contribution >= 0.6 is 0 Å². The van der Waals surface area contributed by atoms with Gasteiger partial charge in [-0.15, -0.1) is 0 Å². The lowest BCUT2D eigenvalue weighted by molar-refractivity contribution is -0.138. The molecule has 2 heterocycles. The number of rotatable bonds is 4. The maximum Gasteiger partial charge on any atom is 0.321 e. The van der Waals surface area contributed by atoms with E-state index >= 15 is 0 Å². The fraction of sp³-hybridized carbons (Fsp3) is 0.600. The van der Waals surface area contributed by atoms with Gasteiger partial charge in [0, 0.05) is 44.4 Å². The number of benzene rings is 1. The van der Waals surface area contributed by atoms with Crippen LogP contribution < -0.4 is 14.8 Å². The van der Waals surface area contributed by atoms with Crippen molar-refractivity contribution >= 4 is 17.6 Å². The van der Waals surface area contributed by atoms with Gasteiger partial charge < -0.3 is 24.6 Å². The average molecular weight is 375 g/mol. The van der Waals surface area contributed by atoms with Crippen molar-refractivity contribution in [1.29, 1.82) is 0 Å². The van der Waals surface area contributed by atoms with Crippen molar-refractivity contribution in [1.82, 2.24) is 9.80 Å². The molecule has 1 aromatic carbocycles. The Hall–Kier alpha value is -2.44. The Balaban J connectivity index is 1.58. The molecule has 0 unspecified atom stereocenters. The fourth-order valence-corrected chi connectivity index (χ4v) is 4.10. The summed E-state index contributed by atoms with van der Waals surface area (Å²) in [6, 6.07) is 5.24. The summed E-state index contributed by atoms with van der Waals surface area (Å²) >= 11 is 0. The highest BCUT2D eigenvalue weighted by atomic mass is 16.5. The van der Waals surface area contributed by atoms with Crippen LogP contribution in [0.25, 0.3) is 0 Å². The van der Waals surface area contributed by atoms with Gasteiger partial charge in [-0.2, -0.15) is 0 Å². The third-order valence-corrected chi connectivity index (χ3v) is 5.88. The lowest BCUT2D eigenvalue weighted by Gasteiger charge is -2.47. The predicted octanol–water partition coefficient (Wildman–Crippen LogP) is 2.96. The zero-order chi connectivity index (χ0) is 19.4. The number of hydrogen-bond acceptors (Lipinski definition) is 4. The van der Waals surface area contributed by atoms with Crippen LogP contribution in [0.5, 0.6) is 11.5 Å². The highest BCUT2D eigenvalue weighted by Gasteiger charge is 2.41. The highest BCUT2D eigenvalue weighted by molar-refractivity contribution is 5.89.